The number of aliphatic hydroxyl groups is 1. The van der Waals surface area contributed by atoms with Gasteiger partial charge in [0.2, 0.25) is 10.0 Å². The Morgan fingerprint density at radius 3 is 2.71 bits per heavy atom. The SMILES string of the molecule is O=C(C1=CCC(NS(=O)(=O)c2cccc3scnc23)C=C1)N1CCC(O)(COCC(F)(F)F)CC1. The number of piperidine rings is 1. The molecule has 1 aliphatic heterocycles. The third-order valence-electron chi connectivity index (χ3n) is 5.88. The normalized spacial score (nSPS) is 20.7. The van der Waals surface area contributed by atoms with E-state index < -0.39 is 41.1 Å². The Bertz CT molecular complexity index is 1250. The van der Waals surface area contributed by atoms with Crippen LogP contribution in [-0.4, -0.2) is 73.4 Å². The zero-order valence-electron chi connectivity index (χ0n) is 18.5. The lowest BCUT2D eigenvalue weighted by Crippen LogP contribution is -2.49. The van der Waals surface area contributed by atoms with Crippen LogP contribution in [0.3, 0.4) is 0 Å². The van der Waals surface area contributed by atoms with E-state index in [4.69, 9.17) is 0 Å². The first-order chi connectivity index (χ1) is 16.5. The molecule has 2 N–H and O–H groups in total. The van der Waals surface area contributed by atoms with Crippen molar-refractivity contribution >= 4 is 37.5 Å². The van der Waals surface area contributed by atoms with E-state index in [2.05, 4.69) is 14.4 Å². The number of nitrogens with zero attached hydrogens (tertiary/aromatic N) is 2. The molecule has 35 heavy (non-hydrogen) atoms. The number of fused-ring (bicyclic) bond motifs is 1. The van der Waals surface area contributed by atoms with Crippen LogP contribution in [0.4, 0.5) is 13.2 Å². The van der Waals surface area contributed by atoms with Gasteiger partial charge < -0.3 is 14.7 Å². The number of aromatic nitrogens is 1. The number of sulfonamides is 1. The first-order valence-corrected chi connectivity index (χ1v) is 13.2. The Labute approximate surface area is 204 Å². The third-order valence-corrected chi connectivity index (χ3v) is 8.20. The molecule has 8 nitrogen and oxygen atoms in total. The number of hydrogen-bond acceptors (Lipinski definition) is 7. The van der Waals surface area contributed by atoms with Crippen molar-refractivity contribution in [2.45, 2.75) is 42.0 Å². The van der Waals surface area contributed by atoms with Crippen LogP contribution in [0.1, 0.15) is 19.3 Å². The zero-order valence-corrected chi connectivity index (χ0v) is 20.1. The fourth-order valence-electron chi connectivity index (χ4n) is 4.02. The Morgan fingerprint density at radius 1 is 1.31 bits per heavy atom. The first kappa shape index (κ1) is 25.8. The summed E-state index contributed by atoms with van der Waals surface area (Å²) < 4.78 is 70.5. The third kappa shape index (κ3) is 6.28. The highest BCUT2D eigenvalue weighted by Gasteiger charge is 2.37. The second-order valence-corrected chi connectivity index (χ2v) is 11.1. The highest BCUT2D eigenvalue weighted by molar-refractivity contribution is 7.89. The van der Waals surface area contributed by atoms with E-state index in [0.29, 0.717) is 11.1 Å². The molecular weight excluding hydrogens is 507 g/mol. The number of hydrogen-bond donors (Lipinski definition) is 2. The highest BCUT2D eigenvalue weighted by atomic mass is 32.2. The van der Waals surface area contributed by atoms with Crippen LogP contribution in [0.2, 0.25) is 0 Å². The number of nitrogens with one attached hydrogen (secondary N) is 1. The van der Waals surface area contributed by atoms with Gasteiger partial charge in [-0.15, -0.1) is 11.3 Å². The lowest BCUT2D eigenvalue weighted by Gasteiger charge is -2.38. The number of para-hydroxylation sites is 1. The molecule has 0 radical (unpaired) electrons. The summed E-state index contributed by atoms with van der Waals surface area (Å²) in [6.45, 7) is -1.54. The van der Waals surface area contributed by atoms with Gasteiger partial charge in [-0.25, -0.2) is 18.1 Å². The summed E-state index contributed by atoms with van der Waals surface area (Å²) in [5, 5.41) is 10.4. The van der Waals surface area contributed by atoms with E-state index in [0.717, 1.165) is 4.70 Å². The number of carbonyl (C=O) groups excluding carboxylic acids is 1. The predicted octanol–water partition coefficient (Wildman–Crippen LogP) is 2.76. The van der Waals surface area contributed by atoms with Crippen LogP contribution < -0.4 is 4.72 Å². The van der Waals surface area contributed by atoms with Crippen molar-refractivity contribution < 1.29 is 36.2 Å². The Morgan fingerprint density at radius 2 is 2.06 bits per heavy atom. The van der Waals surface area contributed by atoms with Gasteiger partial charge in [-0.3, -0.25) is 4.79 Å². The Balaban J connectivity index is 1.30. The quantitative estimate of drug-likeness (QED) is 0.569. The van der Waals surface area contributed by atoms with Crippen LogP contribution in [0.15, 0.2) is 52.4 Å². The summed E-state index contributed by atoms with van der Waals surface area (Å²) in [5.74, 6) is -0.284. The summed E-state index contributed by atoms with van der Waals surface area (Å²) >= 11 is 1.35. The van der Waals surface area contributed by atoms with Gasteiger partial charge in [-0.1, -0.05) is 24.3 Å². The van der Waals surface area contributed by atoms with Crippen molar-refractivity contribution in [3.63, 3.8) is 0 Å². The molecule has 1 aromatic carbocycles. The second-order valence-electron chi connectivity index (χ2n) is 8.56. The van der Waals surface area contributed by atoms with Crippen molar-refractivity contribution in [3.8, 4) is 0 Å². The summed E-state index contributed by atoms with van der Waals surface area (Å²) in [6, 6.07) is 4.41. The van der Waals surface area contributed by atoms with Gasteiger partial charge >= 0.3 is 6.18 Å². The largest absolute Gasteiger partial charge is 0.411 e. The van der Waals surface area contributed by atoms with E-state index in [1.807, 2.05) is 0 Å². The number of carbonyl (C=O) groups is 1. The van der Waals surface area contributed by atoms with Gasteiger partial charge in [-0.2, -0.15) is 13.2 Å². The van der Waals surface area contributed by atoms with Gasteiger partial charge in [-0.05, 0) is 31.4 Å². The number of rotatable bonds is 7. The maximum Gasteiger partial charge on any atom is 0.411 e. The van der Waals surface area contributed by atoms with E-state index in [9.17, 15) is 31.5 Å². The average molecular weight is 532 g/mol. The second kappa shape index (κ2) is 9.97. The molecule has 4 rings (SSSR count). The van der Waals surface area contributed by atoms with Crippen LogP contribution in [0.25, 0.3) is 10.2 Å². The maximum atomic E-state index is 12.9. The molecular formula is C22H24F3N3O5S2. The fraction of sp³-hybridized carbons (Fsp3) is 0.455. The lowest BCUT2D eigenvalue weighted by molar-refractivity contribution is -0.190. The van der Waals surface area contributed by atoms with Crippen molar-refractivity contribution in [1.29, 1.82) is 0 Å². The number of likely N-dealkylation sites (tertiary alicyclic amines) is 1. The number of benzene rings is 1. The number of amides is 1. The van der Waals surface area contributed by atoms with Gasteiger partial charge in [0.1, 0.15) is 17.0 Å². The zero-order chi connectivity index (χ0) is 25.3. The maximum absolute atomic E-state index is 12.9. The fourth-order valence-corrected chi connectivity index (χ4v) is 6.16. The van der Waals surface area contributed by atoms with Crippen molar-refractivity contribution in [1.82, 2.24) is 14.6 Å². The molecule has 2 aromatic rings. The number of ether oxygens (including phenoxy) is 1. The number of thiazole rings is 1. The molecule has 13 heteroatoms. The average Bonchev–Trinajstić information content (AvgIpc) is 3.27. The molecule has 1 aliphatic carbocycles. The first-order valence-electron chi connectivity index (χ1n) is 10.8. The molecule has 0 saturated carbocycles. The van der Waals surface area contributed by atoms with Crippen LogP contribution in [-0.2, 0) is 19.6 Å². The monoisotopic (exact) mass is 531 g/mol. The molecule has 1 aromatic heterocycles. The number of alkyl halides is 3. The topological polar surface area (TPSA) is 109 Å². The predicted molar refractivity (Wildman–Crippen MR) is 123 cm³/mol. The smallest absolute Gasteiger partial charge is 0.387 e. The van der Waals surface area contributed by atoms with Crippen LogP contribution >= 0.6 is 11.3 Å². The molecule has 1 fully saturated rings. The Kier molecular flexibility index (Phi) is 7.34. The molecule has 2 heterocycles. The van der Waals surface area contributed by atoms with E-state index >= 15 is 0 Å². The van der Waals surface area contributed by atoms with Gasteiger partial charge in [0.05, 0.1) is 22.4 Å². The van der Waals surface area contributed by atoms with Crippen molar-refractivity contribution in [2.75, 3.05) is 26.3 Å². The lowest BCUT2D eigenvalue weighted by atomic mass is 9.91. The van der Waals surface area contributed by atoms with Crippen molar-refractivity contribution in [2.24, 2.45) is 0 Å². The van der Waals surface area contributed by atoms with Gasteiger partial charge in [0.15, 0.2) is 0 Å². The molecule has 0 bridgehead atoms. The summed E-state index contributed by atoms with van der Waals surface area (Å²) in [4.78, 5) is 18.6. The molecule has 0 spiro atoms. The van der Waals surface area contributed by atoms with Gasteiger partial charge in [0, 0.05) is 24.7 Å². The molecule has 1 amide bonds. The summed E-state index contributed by atoms with van der Waals surface area (Å²) in [7, 11) is -3.84. The minimum absolute atomic E-state index is 0.0931. The van der Waals surface area contributed by atoms with Gasteiger partial charge in [0.25, 0.3) is 5.91 Å². The van der Waals surface area contributed by atoms with Crippen LogP contribution in [0, 0.1) is 0 Å². The summed E-state index contributed by atoms with van der Waals surface area (Å²) in [5.41, 5.74) is 0.968. The molecule has 1 unspecified atom stereocenters. The highest BCUT2D eigenvalue weighted by Crippen LogP contribution is 2.27. The minimum Gasteiger partial charge on any atom is -0.387 e. The molecule has 1 saturated heterocycles. The minimum atomic E-state index is -4.47. The molecule has 2 aliphatic rings. The standard InChI is InChI=1S/C22H24F3N3O5S2/c23-22(24,25)13-33-12-21(30)8-10-28(11-9-21)20(29)15-4-6-16(7-5-15)27-35(31,32)18-3-1-2-17-19(18)26-14-34-17/h1-6,14,16,27,30H,7-13H2. The molecule has 1 atom stereocenters. The summed E-state index contributed by atoms with van der Waals surface area (Å²) in [6.07, 6.45) is 0.801. The van der Waals surface area contributed by atoms with E-state index in [1.54, 1.807) is 35.9 Å². The number of halogens is 3. The molecule has 190 valence electrons. The Hall–Kier alpha value is -2.32. The van der Waals surface area contributed by atoms with Crippen molar-refractivity contribution in [3.05, 3.63) is 47.5 Å². The van der Waals surface area contributed by atoms with E-state index in [1.165, 1.54) is 22.3 Å². The van der Waals surface area contributed by atoms with Crippen LogP contribution in [0.5, 0.6) is 0 Å². The van der Waals surface area contributed by atoms with E-state index in [-0.39, 0.29) is 43.2 Å².